The first-order valence-corrected chi connectivity index (χ1v) is 11.0. The Bertz CT molecular complexity index is 822. The maximum Gasteiger partial charge on any atom is 0.174 e. The molecule has 0 spiro atoms. The van der Waals surface area contributed by atoms with Crippen molar-refractivity contribution in [2.45, 2.75) is 84.5 Å². The van der Waals surface area contributed by atoms with Gasteiger partial charge in [-0.15, -0.1) is 0 Å². The van der Waals surface area contributed by atoms with E-state index in [2.05, 4.69) is 80.5 Å². The van der Waals surface area contributed by atoms with Gasteiger partial charge in [-0.25, -0.2) is 0 Å². The molecule has 158 valence electrons. The summed E-state index contributed by atoms with van der Waals surface area (Å²) in [4.78, 5) is 2.31. The summed E-state index contributed by atoms with van der Waals surface area (Å²) < 4.78 is 5.89. The molecule has 3 rings (SSSR count). The monoisotopic (exact) mass is 413 g/mol. The fraction of sp³-hybridized carbons (Fsp3) is 0.542. The van der Waals surface area contributed by atoms with Crippen molar-refractivity contribution in [1.82, 2.24) is 10.2 Å². The summed E-state index contributed by atoms with van der Waals surface area (Å²) in [6, 6.07) is 12.9. The van der Waals surface area contributed by atoms with Gasteiger partial charge in [0.25, 0.3) is 0 Å². The summed E-state index contributed by atoms with van der Waals surface area (Å²) in [6.07, 6.45) is 3.08. The van der Waals surface area contributed by atoms with Crippen LogP contribution in [0.25, 0.3) is 0 Å². The number of piperidine rings is 1. The van der Waals surface area contributed by atoms with Crippen LogP contribution in [-0.2, 0) is 13.0 Å². The fourth-order valence-corrected chi connectivity index (χ4v) is 4.94. The van der Waals surface area contributed by atoms with Gasteiger partial charge in [0, 0.05) is 22.8 Å². The van der Waals surface area contributed by atoms with Crippen LogP contribution in [0.4, 0.5) is 5.69 Å². The van der Waals surface area contributed by atoms with Gasteiger partial charge < -0.3 is 20.0 Å². The molecule has 2 heterocycles. The third-order valence-corrected chi connectivity index (χ3v) is 5.94. The lowest BCUT2D eigenvalue weighted by Gasteiger charge is -2.50. The van der Waals surface area contributed by atoms with Crippen molar-refractivity contribution in [2.75, 3.05) is 5.32 Å². The first kappa shape index (κ1) is 21.8. The highest BCUT2D eigenvalue weighted by atomic mass is 32.1. The number of aryl methyl sites for hydroxylation is 2. The number of nitrogens with one attached hydrogen (secondary N) is 2. The van der Waals surface area contributed by atoms with Crippen molar-refractivity contribution < 1.29 is 4.42 Å². The van der Waals surface area contributed by atoms with Gasteiger partial charge in [-0.2, -0.15) is 0 Å². The molecule has 2 aromatic rings. The molecule has 29 heavy (non-hydrogen) atoms. The van der Waals surface area contributed by atoms with E-state index < -0.39 is 0 Å². The van der Waals surface area contributed by atoms with E-state index >= 15 is 0 Å². The number of furan rings is 1. The molecule has 1 saturated heterocycles. The third kappa shape index (κ3) is 5.83. The van der Waals surface area contributed by atoms with E-state index in [4.69, 9.17) is 16.6 Å². The Kier molecular flexibility index (Phi) is 6.39. The molecule has 1 aromatic heterocycles. The van der Waals surface area contributed by atoms with Gasteiger partial charge in [0.1, 0.15) is 11.5 Å². The number of rotatable bonds is 5. The van der Waals surface area contributed by atoms with Crippen LogP contribution < -0.4 is 10.6 Å². The summed E-state index contributed by atoms with van der Waals surface area (Å²) in [5.74, 6) is 1.88. The topological polar surface area (TPSA) is 40.4 Å². The van der Waals surface area contributed by atoms with Gasteiger partial charge in [-0.05, 0) is 95.9 Å². The Morgan fingerprint density at radius 3 is 2.24 bits per heavy atom. The zero-order chi connectivity index (χ0) is 21.2. The van der Waals surface area contributed by atoms with Gasteiger partial charge in [0.05, 0.1) is 6.54 Å². The van der Waals surface area contributed by atoms with Gasteiger partial charge in [0.2, 0.25) is 0 Å². The van der Waals surface area contributed by atoms with Crippen LogP contribution in [-0.4, -0.2) is 27.1 Å². The quantitative estimate of drug-likeness (QED) is 0.619. The number of nitrogens with zero attached hydrogens (tertiary/aromatic N) is 1. The van der Waals surface area contributed by atoms with E-state index in [1.54, 1.807) is 0 Å². The summed E-state index contributed by atoms with van der Waals surface area (Å²) in [5.41, 5.74) is 2.44. The van der Waals surface area contributed by atoms with Crippen LogP contribution in [0.3, 0.4) is 0 Å². The molecular formula is C24H35N3OS. The Balaban J connectivity index is 1.84. The minimum absolute atomic E-state index is 0.0438. The molecule has 1 fully saturated rings. The van der Waals surface area contributed by atoms with Crippen LogP contribution in [0.15, 0.2) is 40.8 Å². The SMILES string of the molecule is CCc1ccc(NC(=S)N(Cc2ccc(C)o2)C2CC(C)(C)NC(C)(C)C2)cc1. The molecule has 5 heteroatoms. The van der Waals surface area contributed by atoms with E-state index in [0.29, 0.717) is 12.6 Å². The molecule has 1 aliphatic rings. The minimum Gasteiger partial charge on any atom is -0.464 e. The van der Waals surface area contributed by atoms with Crippen molar-refractivity contribution in [1.29, 1.82) is 0 Å². The summed E-state index contributed by atoms with van der Waals surface area (Å²) in [7, 11) is 0. The third-order valence-electron chi connectivity index (χ3n) is 5.61. The van der Waals surface area contributed by atoms with Crippen LogP contribution >= 0.6 is 12.2 Å². The summed E-state index contributed by atoms with van der Waals surface area (Å²) in [6.45, 7) is 13.9. The molecular weight excluding hydrogens is 378 g/mol. The molecule has 0 amide bonds. The highest BCUT2D eigenvalue weighted by Crippen LogP contribution is 2.33. The number of anilines is 1. The summed E-state index contributed by atoms with van der Waals surface area (Å²) >= 11 is 5.91. The van der Waals surface area contributed by atoms with Gasteiger partial charge in [-0.1, -0.05) is 19.1 Å². The standard InChI is InChI=1S/C24H35N3OS/c1-7-18-9-11-19(12-10-18)25-22(29)27(16-21-13-8-17(2)28-21)20-14-23(3,4)26-24(5,6)15-20/h8-13,20,26H,7,14-16H2,1-6H3,(H,25,29). The van der Waals surface area contributed by atoms with Crippen molar-refractivity contribution >= 4 is 23.0 Å². The molecule has 4 nitrogen and oxygen atoms in total. The average Bonchev–Trinajstić information content (AvgIpc) is 3.02. The van der Waals surface area contributed by atoms with Gasteiger partial charge in [0.15, 0.2) is 5.11 Å². The molecule has 0 bridgehead atoms. The van der Waals surface area contributed by atoms with E-state index in [0.717, 1.165) is 41.6 Å². The first-order chi connectivity index (χ1) is 13.6. The number of thiocarbonyl (C=S) groups is 1. The molecule has 1 aromatic carbocycles. The maximum atomic E-state index is 5.91. The second-order valence-corrected chi connectivity index (χ2v) is 9.96. The molecule has 0 saturated carbocycles. The van der Waals surface area contributed by atoms with Crippen molar-refractivity contribution in [3.63, 3.8) is 0 Å². The van der Waals surface area contributed by atoms with Gasteiger partial charge in [-0.3, -0.25) is 0 Å². The molecule has 0 aliphatic carbocycles. The van der Waals surface area contributed by atoms with Crippen LogP contribution in [0.1, 0.15) is 64.5 Å². The zero-order valence-corrected chi connectivity index (χ0v) is 19.5. The Morgan fingerprint density at radius 2 is 1.72 bits per heavy atom. The maximum absolute atomic E-state index is 5.91. The number of hydrogen-bond donors (Lipinski definition) is 2. The number of benzene rings is 1. The average molecular weight is 414 g/mol. The number of hydrogen-bond acceptors (Lipinski definition) is 3. The fourth-order valence-electron chi connectivity index (χ4n) is 4.61. The van der Waals surface area contributed by atoms with Crippen molar-refractivity contribution in [3.8, 4) is 0 Å². The van der Waals surface area contributed by atoms with Crippen LogP contribution in [0.2, 0.25) is 0 Å². The Morgan fingerprint density at radius 1 is 1.10 bits per heavy atom. The van der Waals surface area contributed by atoms with E-state index in [1.165, 1.54) is 5.56 Å². The van der Waals surface area contributed by atoms with E-state index in [-0.39, 0.29) is 11.1 Å². The van der Waals surface area contributed by atoms with E-state index in [1.807, 2.05) is 13.0 Å². The molecule has 0 radical (unpaired) electrons. The predicted molar refractivity (Wildman–Crippen MR) is 125 cm³/mol. The highest BCUT2D eigenvalue weighted by molar-refractivity contribution is 7.80. The van der Waals surface area contributed by atoms with Crippen molar-refractivity contribution in [3.05, 3.63) is 53.5 Å². The Labute approximate surface area is 181 Å². The first-order valence-electron chi connectivity index (χ1n) is 10.6. The highest BCUT2D eigenvalue weighted by Gasteiger charge is 2.40. The predicted octanol–water partition coefficient (Wildman–Crippen LogP) is 5.66. The molecule has 2 N–H and O–H groups in total. The zero-order valence-electron chi connectivity index (χ0n) is 18.6. The van der Waals surface area contributed by atoms with Gasteiger partial charge >= 0.3 is 0 Å². The van der Waals surface area contributed by atoms with E-state index in [9.17, 15) is 0 Å². The second-order valence-electron chi connectivity index (χ2n) is 9.58. The van der Waals surface area contributed by atoms with Crippen molar-refractivity contribution in [2.24, 2.45) is 0 Å². The second kappa shape index (κ2) is 8.49. The van der Waals surface area contributed by atoms with Crippen LogP contribution in [0.5, 0.6) is 0 Å². The lowest BCUT2D eigenvalue weighted by atomic mass is 9.79. The lowest BCUT2D eigenvalue weighted by Crippen LogP contribution is -2.63. The smallest absolute Gasteiger partial charge is 0.174 e. The summed E-state index contributed by atoms with van der Waals surface area (Å²) in [5, 5.41) is 7.99. The largest absolute Gasteiger partial charge is 0.464 e. The molecule has 1 aliphatic heterocycles. The lowest BCUT2D eigenvalue weighted by molar-refractivity contribution is 0.0981. The minimum atomic E-state index is 0.0438. The normalized spacial score (nSPS) is 18.4. The molecule has 0 atom stereocenters. The molecule has 0 unspecified atom stereocenters. The van der Waals surface area contributed by atoms with Crippen LogP contribution in [0, 0.1) is 6.92 Å². The Hall–Kier alpha value is -1.85.